The third-order valence-electron chi connectivity index (χ3n) is 4.15. The molecule has 0 saturated heterocycles. The predicted molar refractivity (Wildman–Crippen MR) is 105 cm³/mol. The summed E-state index contributed by atoms with van der Waals surface area (Å²) < 4.78 is 5.13. The number of nitrogens with zero attached hydrogens (tertiary/aromatic N) is 1. The molecule has 6 heteroatoms. The number of rotatable bonds is 5. The SMILES string of the molecule is CCC1CN(CC(=O)Nc2ccc(OC)c(Cl)c2)c2ccccc2S1. The minimum absolute atomic E-state index is 0.0576. The summed E-state index contributed by atoms with van der Waals surface area (Å²) in [5.74, 6) is 0.533. The highest BCUT2D eigenvalue weighted by molar-refractivity contribution is 8.00. The number of hydrogen-bond donors (Lipinski definition) is 1. The van der Waals surface area contributed by atoms with Crippen molar-refractivity contribution in [3.8, 4) is 5.75 Å². The van der Waals surface area contributed by atoms with Gasteiger partial charge in [-0.15, -0.1) is 11.8 Å². The molecule has 1 unspecified atom stereocenters. The summed E-state index contributed by atoms with van der Waals surface area (Å²) in [4.78, 5) is 15.9. The van der Waals surface area contributed by atoms with Crippen LogP contribution in [0.4, 0.5) is 11.4 Å². The van der Waals surface area contributed by atoms with Gasteiger partial charge in [-0.1, -0.05) is 30.7 Å². The average Bonchev–Trinajstić information content (AvgIpc) is 2.61. The van der Waals surface area contributed by atoms with Crippen LogP contribution in [0.2, 0.25) is 5.02 Å². The third kappa shape index (κ3) is 4.22. The van der Waals surface area contributed by atoms with E-state index in [-0.39, 0.29) is 5.91 Å². The quantitative estimate of drug-likeness (QED) is 0.822. The zero-order valence-corrected chi connectivity index (χ0v) is 15.9. The average molecular weight is 377 g/mol. The van der Waals surface area contributed by atoms with E-state index in [1.165, 1.54) is 4.90 Å². The summed E-state index contributed by atoms with van der Waals surface area (Å²) in [5, 5.41) is 3.89. The summed E-state index contributed by atoms with van der Waals surface area (Å²) >= 11 is 8.01. The van der Waals surface area contributed by atoms with E-state index >= 15 is 0 Å². The first-order chi connectivity index (χ1) is 12.1. The molecule has 0 spiro atoms. The summed E-state index contributed by atoms with van der Waals surface area (Å²) in [5.41, 5.74) is 1.79. The number of anilines is 2. The minimum Gasteiger partial charge on any atom is -0.495 e. The lowest BCUT2D eigenvalue weighted by molar-refractivity contribution is -0.115. The van der Waals surface area contributed by atoms with Crippen molar-refractivity contribution in [1.29, 1.82) is 0 Å². The third-order valence-corrected chi connectivity index (χ3v) is 5.86. The molecule has 1 N–H and O–H groups in total. The monoisotopic (exact) mass is 376 g/mol. The van der Waals surface area contributed by atoms with Crippen molar-refractivity contribution in [2.24, 2.45) is 0 Å². The van der Waals surface area contributed by atoms with E-state index in [0.717, 1.165) is 18.7 Å². The Kier molecular flexibility index (Phi) is 5.76. The van der Waals surface area contributed by atoms with Crippen LogP contribution in [0.1, 0.15) is 13.3 Å². The molecule has 0 aliphatic carbocycles. The Morgan fingerprint density at radius 2 is 2.16 bits per heavy atom. The molecule has 25 heavy (non-hydrogen) atoms. The van der Waals surface area contributed by atoms with E-state index in [9.17, 15) is 4.79 Å². The Balaban J connectivity index is 1.71. The second-order valence-corrected chi connectivity index (χ2v) is 7.64. The Bertz CT molecular complexity index is 769. The number of para-hydroxylation sites is 1. The van der Waals surface area contributed by atoms with E-state index in [4.69, 9.17) is 16.3 Å². The van der Waals surface area contributed by atoms with Gasteiger partial charge in [-0.3, -0.25) is 4.79 Å². The van der Waals surface area contributed by atoms with Crippen molar-refractivity contribution in [3.05, 3.63) is 47.5 Å². The maximum atomic E-state index is 12.5. The molecule has 1 aliphatic rings. The van der Waals surface area contributed by atoms with Gasteiger partial charge in [0.15, 0.2) is 0 Å². The second kappa shape index (κ2) is 8.02. The summed E-state index contributed by atoms with van der Waals surface area (Å²) in [6, 6.07) is 13.5. The zero-order chi connectivity index (χ0) is 17.8. The highest BCUT2D eigenvalue weighted by Crippen LogP contribution is 2.39. The first kappa shape index (κ1) is 18.0. The van der Waals surface area contributed by atoms with Crippen molar-refractivity contribution < 1.29 is 9.53 Å². The molecule has 2 aromatic rings. The van der Waals surface area contributed by atoms with Gasteiger partial charge in [0.05, 0.1) is 24.4 Å². The number of nitrogens with one attached hydrogen (secondary N) is 1. The largest absolute Gasteiger partial charge is 0.495 e. The van der Waals surface area contributed by atoms with E-state index in [1.54, 1.807) is 25.3 Å². The molecule has 1 heterocycles. The molecule has 4 nitrogen and oxygen atoms in total. The molecular formula is C19H21ClN2O2S. The molecule has 2 aromatic carbocycles. The van der Waals surface area contributed by atoms with Crippen LogP contribution < -0.4 is 15.0 Å². The van der Waals surface area contributed by atoms with Crippen molar-refractivity contribution in [2.75, 3.05) is 30.4 Å². The fraction of sp³-hybridized carbons (Fsp3) is 0.316. The standard InChI is InChI=1S/C19H21ClN2O2S/c1-3-14-11-22(16-6-4-5-7-18(16)25-14)12-19(23)21-13-8-9-17(24-2)15(20)10-13/h4-10,14H,3,11-12H2,1-2H3,(H,21,23). The van der Waals surface area contributed by atoms with Crippen LogP contribution in [-0.4, -0.2) is 31.4 Å². The lowest BCUT2D eigenvalue weighted by Crippen LogP contribution is -2.40. The normalized spacial score (nSPS) is 16.3. The Labute approximate surface area is 157 Å². The number of carbonyl (C=O) groups is 1. The topological polar surface area (TPSA) is 41.6 Å². The van der Waals surface area contributed by atoms with Crippen LogP contribution in [0, 0.1) is 0 Å². The fourth-order valence-electron chi connectivity index (χ4n) is 2.86. The van der Waals surface area contributed by atoms with Gasteiger partial charge in [-0.2, -0.15) is 0 Å². The lowest BCUT2D eigenvalue weighted by atomic mass is 10.2. The molecule has 0 fully saturated rings. The van der Waals surface area contributed by atoms with Crippen LogP contribution in [0.25, 0.3) is 0 Å². The second-order valence-electron chi connectivity index (χ2n) is 5.89. The number of hydrogen-bond acceptors (Lipinski definition) is 4. The number of carbonyl (C=O) groups excluding carboxylic acids is 1. The Morgan fingerprint density at radius 1 is 1.36 bits per heavy atom. The van der Waals surface area contributed by atoms with Crippen molar-refractivity contribution >= 4 is 40.6 Å². The van der Waals surface area contributed by atoms with Crippen LogP contribution >= 0.6 is 23.4 Å². The minimum atomic E-state index is -0.0576. The molecule has 0 bridgehead atoms. The van der Waals surface area contributed by atoms with Gasteiger partial charge in [-0.05, 0) is 36.8 Å². The molecule has 1 amide bonds. The molecule has 0 radical (unpaired) electrons. The first-order valence-corrected chi connectivity index (χ1v) is 9.50. The molecule has 132 valence electrons. The van der Waals surface area contributed by atoms with Crippen molar-refractivity contribution in [2.45, 2.75) is 23.5 Å². The van der Waals surface area contributed by atoms with Gasteiger partial charge in [0, 0.05) is 22.4 Å². The van der Waals surface area contributed by atoms with Crippen LogP contribution in [0.5, 0.6) is 5.75 Å². The van der Waals surface area contributed by atoms with Gasteiger partial charge in [0.25, 0.3) is 0 Å². The van der Waals surface area contributed by atoms with Crippen molar-refractivity contribution in [1.82, 2.24) is 0 Å². The molecule has 0 saturated carbocycles. The highest BCUT2D eigenvalue weighted by atomic mass is 35.5. The van der Waals surface area contributed by atoms with Crippen LogP contribution in [0.3, 0.4) is 0 Å². The fourth-order valence-corrected chi connectivity index (χ4v) is 4.37. The number of ether oxygens (including phenoxy) is 1. The lowest BCUT2D eigenvalue weighted by Gasteiger charge is -2.34. The number of fused-ring (bicyclic) bond motifs is 1. The van der Waals surface area contributed by atoms with E-state index in [1.807, 2.05) is 23.9 Å². The van der Waals surface area contributed by atoms with Gasteiger partial charge < -0.3 is 15.0 Å². The van der Waals surface area contributed by atoms with Crippen LogP contribution in [-0.2, 0) is 4.79 Å². The zero-order valence-electron chi connectivity index (χ0n) is 14.3. The van der Waals surface area contributed by atoms with Crippen LogP contribution in [0.15, 0.2) is 47.4 Å². The van der Waals surface area contributed by atoms with E-state index in [0.29, 0.717) is 28.3 Å². The number of thioether (sulfide) groups is 1. The summed E-state index contributed by atoms with van der Waals surface area (Å²) in [6.07, 6.45) is 1.07. The molecule has 0 aromatic heterocycles. The number of benzene rings is 2. The smallest absolute Gasteiger partial charge is 0.243 e. The molecular weight excluding hydrogens is 356 g/mol. The predicted octanol–water partition coefficient (Wildman–Crippen LogP) is 4.68. The maximum absolute atomic E-state index is 12.5. The van der Waals surface area contributed by atoms with Gasteiger partial charge in [-0.25, -0.2) is 0 Å². The summed E-state index contributed by atoms with van der Waals surface area (Å²) in [6.45, 7) is 3.37. The number of halogens is 1. The number of amides is 1. The highest BCUT2D eigenvalue weighted by Gasteiger charge is 2.25. The van der Waals surface area contributed by atoms with Gasteiger partial charge in [0.2, 0.25) is 5.91 Å². The van der Waals surface area contributed by atoms with Gasteiger partial charge >= 0.3 is 0 Å². The maximum Gasteiger partial charge on any atom is 0.243 e. The van der Waals surface area contributed by atoms with Crippen molar-refractivity contribution in [3.63, 3.8) is 0 Å². The molecule has 1 aliphatic heterocycles. The summed E-state index contributed by atoms with van der Waals surface area (Å²) in [7, 11) is 1.56. The number of methoxy groups -OCH3 is 1. The van der Waals surface area contributed by atoms with E-state index < -0.39 is 0 Å². The van der Waals surface area contributed by atoms with Gasteiger partial charge in [0.1, 0.15) is 5.75 Å². The Hall–Kier alpha value is -1.85. The van der Waals surface area contributed by atoms with E-state index in [2.05, 4.69) is 29.3 Å². The first-order valence-electron chi connectivity index (χ1n) is 8.24. The molecule has 3 rings (SSSR count). The Morgan fingerprint density at radius 3 is 2.88 bits per heavy atom. The molecule has 1 atom stereocenters.